The molecule has 0 aliphatic carbocycles. The molecule has 0 aliphatic rings. The fourth-order valence-electron chi connectivity index (χ4n) is 4.24. The molecule has 0 aliphatic heterocycles. The molecule has 5 rings (SSSR count). The fraction of sp³-hybridized carbons (Fsp3) is 0.0968. The number of ether oxygens (including phenoxy) is 1. The van der Waals surface area contributed by atoms with Gasteiger partial charge in [-0.25, -0.2) is 20.6 Å². The summed E-state index contributed by atoms with van der Waals surface area (Å²) in [6, 6.07) is 16.7. The summed E-state index contributed by atoms with van der Waals surface area (Å²) in [6.07, 6.45) is 6.54. The number of aromatic amines is 1. The number of fused-ring (bicyclic) bond motifs is 1. The number of imidazole rings is 1. The first kappa shape index (κ1) is 27.7. The molecule has 0 spiro atoms. The van der Waals surface area contributed by atoms with Crippen molar-refractivity contribution in [2.75, 3.05) is 7.11 Å². The average molecular weight is 560 g/mol. The number of H-pyrrole nitrogens is 1. The Labute approximate surface area is 240 Å². The van der Waals surface area contributed by atoms with Gasteiger partial charge in [-0.2, -0.15) is 0 Å². The van der Waals surface area contributed by atoms with E-state index in [0.717, 1.165) is 11.1 Å². The van der Waals surface area contributed by atoms with Crippen molar-refractivity contribution in [3.63, 3.8) is 0 Å². The zero-order valence-corrected chi connectivity index (χ0v) is 22.4. The van der Waals surface area contributed by atoms with E-state index in [2.05, 4.69) is 42.5 Å². The van der Waals surface area contributed by atoms with Gasteiger partial charge in [0.1, 0.15) is 6.04 Å². The van der Waals surface area contributed by atoms with Crippen LogP contribution < -0.4 is 16.6 Å². The summed E-state index contributed by atoms with van der Waals surface area (Å²) >= 11 is 0. The number of carbonyl (C=O) groups excluding carboxylic acids is 3. The normalized spacial score (nSPS) is 11.2. The zero-order chi connectivity index (χ0) is 29.5. The molecule has 3 aromatic heterocycles. The lowest BCUT2D eigenvalue weighted by molar-refractivity contribution is -0.142. The molecule has 208 valence electrons. The van der Waals surface area contributed by atoms with E-state index in [4.69, 9.17) is 10.6 Å². The number of nitrogen functional groups attached to an aromatic ring is 1. The highest BCUT2D eigenvalue weighted by molar-refractivity contribution is 6.06. The summed E-state index contributed by atoms with van der Waals surface area (Å²) in [5.74, 6) is 10.2. The Hall–Kier alpha value is -5.86. The van der Waals surface area contributed by atoms with E-state index in [1.165, 1.54) is 13.4 Å². The van der Waals surface area contributed by atoms with Crippen LogP contribution >= 0.6 is 0 Å². The maximum atomic E-state index is 12.8. The first-order chi connectivity index (χ1) is 20.4. The minimum Gasteiger partial charge on any atom is -0.467 e. The molecular formula is C31H25N7O4. The summed E-state index contributed by atoms with van der Waals surface area (Å²) in [5, 5.41) is 3.31. The smallest absolute Gasteiger partial charge is 0.328 e. The Morgan fingerprint density at radius 1 is 1.00 bits per heavy atom. The number of benzene rings is 2. The minimum atomic E-state index is -0.875. The second-order valence-electron chi connectivity index (χ2n) is 9.14. The number of nitrogens with two attached hydrogens (primary N) is 1. The van der Waals surface area contributed by atoms with Gasteiger partial charge in [-0.1, -0.05) is 24.0 Å². The third-order valence-electron chi connectivity index (χ3n) is 6.42. The van der Waals surface area contributed by atoms with Gasteiger partial charge in [-0.05, 0) is 48.5 Å². The molecule has 0 saturated carbocycles. The summed E-state index contributed by atoms with van der Waals surface area (Å²) in [5.41, 5.74) is 7.07. The molecule has 3 heterocycles. The van der Waals surface area contributed by atoms with Crippen LogP contribution in [0.5, 0.6) is 0 Å². The maximum Gasteiger partial charge on any atom is 0.328 e. The van der Waals surface area contributed by atoms with Crippen LogP contribution in [0.2, 0.25) is 0 Å². The first-order valence-corrected chi connectivity index (χ1v) is 12.8. The number of hydrazine groups is 1. The SMILES string of the molecule is COC(=O)C(Cc1c[nH]cn1)NC(=O)c1ccc(C#Cc2ccc(-c3cc(C(=O)NN)c4cnccc4n3)cc2)cc1. The molecule has 11 nitrogen and oxygen atoms in total. The van der Waals surface area contributed by atoms with Gasteiger partial charge in [0.05, 0.1) is 35.9 Å². The largest absolute Gasteiger partial charge is 0.467 e. The summed E-state index contributed by atoms with van der Waals surface area (Å²) in [6.45, 7) is 0. The highest BCUT2D eigenvalue weighted by atomic mass is 16.5. The number of esters is 1. The van der Waals surface area contributed by atoms with Crippen molar-refractivity contribution in [3.8, 4) is 23.1 Å². The van der Waals surface area contributed by atoms with Crippen LogP contribution in [0, 0.1) is 11.8 Å². The molecule has 0 radical (unpaired) electrons. The van der Waals surface area contributed by atoms with Gasteiger partial charge in [-0.3, -0.25) is 20.0 Å². The Kier molecular flexibility index (Phi) is 8.27. The molecule has 0 fully saturated rings. The quantitative estimate of drug-likeness (QED) is 0.0777. The van der Waals surface area contributed by atoms with Crippen LogP contribution in [0.25, 0.3) is 22.2 Å². The minimum absolute atomic E-state index is 0.197. The van der Waals surface area contributed by atoms with Crippen molar-refractivity contribution in [1.29, 1.82) is 0 Å². The Morgan fingerprint density at radius 2 is 1.71 bits per heavy atom. The van der Waals surface area contributed by atoms with Gasteiger partial charge in [0.15, 0.2) is 0 Å². The zero-order valence-electron chi connectivity index (χ0n) is 22.4. The van der Waals surface area contributed by atoms with Crippen molar-refractivity contribution < 1.29 is 19.1 Å². The summed E-state index contributed by atoms with van der Waals surface area (Å²) in [4.78, 5) is 52.9. The highest BCUT2D eigenvalue weighted by Crippen LogP contribution is 2.24. The number of pyridine rings is 2. The van der Waals surface area contributed by atoms with Crippen LogP contribution in [-0.4, -0.2) is 50.9 Å². The lowest BCUT2D eigenvalue weighted by atomic mass is 10.0. The molecule has 2 aromatic carbocycles. The third-order valence-corrected chi connectivity index (χ3v) is 6.42. The number of hydrogen-bond acceptors (Lipinski definition) is 8. The van der Waals surface area contributed by atoms with Crippen molar-refractivity contribution in [1.82, 2.24) is 30.7 Å². The van der Waals surface area contributed by atoms with Crippen LogP contribution in [-0.2, 0) is 16.0 Å². The topological polar surface area (TPSA) is 165 Å². The second-order valence-corrected chi connectivity index (χ2v) is 9.14. The standard InChI is InChI=1S/C31H25N7O4/c1-42-31(41)28(14-23-16-34-18-35-23)37-29(39)22-10-6-20(7-11-22)3-2-19-4-8-21(9-5-19)27-15-24(30(40)38-32)25-17-33-13-12-26(25)36-27/h4-13,15-18,28H,14,32H2,1H3,(H,34,35)(H,37,39)(H,38,40). The van der Waals surface area contributed by atoms with E-state index >= 15 is 0 Å². The van der Waals surface area contributed by atoms with Crippen LogP contribution in [0.15, 0.2) is 85.6 Å². The van der Waals surface area contributed by atoms with E-state index in [-0.39, 0.29) is 6.42 Å². The van der Waals surface area contributed by atoms with Crippen LogP contribution in [0.3, 0.4) is 0 Å². The lowest BCUT2D eigenvalue weighted by Gasteiger charge is -2.15. The number of nitrogens with zero attached hydrogens (tertiary/aromatic N) is 3. The second kappa shape index (κ2) is 12.5. The van der Waals surface area contributed by atoms with E-state index < -0.39 is 23.8 Å². The molecule has 0 saturated heterocycles. The number of nitrogens with one attached hydrogen (secondary N) is 3. The average Bonchev–Trinajstić information content (AvgIpc) is 3.56. The number of aromatic nitrogens is 4. The highest BCUT2D eigenvalue weighted by Gasteiger charge is 2.23. The van der Waals surface area contributed by atoms with Gasteiger partial charge in [0.2, 0.25) is 0 Å². The number of amides is 2. The monoisotopic (exact) mass is 559 g/mol. The van der Waals surface area contributed by atoms with E-state index in [0.29, 0.717) is 39.0 Å². The molecule has 5 aromatic rings. The van der Waals surface area contributed by atoms with E-state index in [9.17, 15) is 14.4 Å². The number of hydrogen-bond donors (Lipinski definition) is 4. The number of methoxy groups -OCH3 is 1. The van der Waals surface area contributed by atoms with Gasteiger partial charge in [0.25, 0.3) is 11.8 Å². The number of rotatable bonds is 7. The maximum absolute atomic E-state index is 12.8. The van der Waals surface area contributed by atoms with Crippen molar-refractivity contribution in [2.24, 2.45) is 5.84 Å². The van der Waals surface area contributed by atoms with Crippen molar-refractivity contribution >= 4 is 28.7 Å². The van der Waals surface area contributed by atoms with E-state index in [1.807, 2.05) is 24.3 Å². The van der Waals surface area contributed by atoms with Gasteiger partial charge in [-0.15, -0.1) is 0 Å². The molecule has 2 amide bonds. The predicted molar refractivity (Wildman–Crippen MR) is 155 cm³/mol. The molecule has 42 heavy (non-hydrogen) atoms. The fourth-order valence-corrected chi connectivity index (χ4v) is 4.24. The third kappa shape index (κ3) is 6.30. The van der Waals surface area contributed by atoms with Crippen LogP contribution in [0.4, 0.5) is 0 Å². The molecule has 11 heteroatoms. The number of carbonyl (C=O) groups is 3. The first-order valence-electron chi connectivity index (χ1n) is 12.8. The van der Waals surface area contributed by atoms with Crippen LogP contribution in [0.1, 0.15) is 37.5 Å². The van der Waals surface area contributed by atoms with Gasteiger partial charge in [0, 0.05) is 52.7 Å². The lowest BCUT2D eigenvalue weighted by Crippen LogP contribution is -2.43. The molecule has 0 bridgehead atoms. The predicted octanol–water partition coefficient (Wildman–Crippen LogP) is 2.54. The Morgan fingerprint density at radius 3 is 2.36 bits per heavy atom. The van der Waals surface area contributed by atoms with Gasteiger partial charge >= 0.3 is 5.97 Å². The molecule has 5 N–H and O–H groups in total. The Balaban J connectivity index is 1.28. The van der Waals surface area contributed by atoms with Crippen molar-refractivity contribution in [3.05, 3.63) is 114 Å². The summed E-state index contributed by atoms with van der Waals surface area (Å²) < 4.78 is 4.82. The van der Waals surface area contributed by atoms with E-state index in [1.54, 1.807) is 55.0 Å². The molecular weight excluding hydrogens is 534 g/mol. The van der Waals surface area contributed by atoms with Crippen molar-refractivity contribution in [2.45, 2.75) is 12.5 Å². The summed E-state index contributed by atoms with van der Waals surface area (Å²) in [7, 11) is 1.27. The molecule has 1 atom stereocenters. The Bertz CT molecular complexity index is 1810. The van der Waals surface area contributed by atoms with Gasteiger partial charge < -0.3 is 15.0 Å². The molecule has 1 unspecified atom stereocenters.